The van der Waals surface area contributed by atoms with Gasteiger partial charge < -0.3 is 10.6 Å². The molecule has 0 saturated heterocycles. The number of amides is 1. The van der Waals surface area contributed by atoms with Crippen LogP contribution in [0.15, 0.2) is 29.6 Å². The molecule has 2 N–H and O–H groups in total. The number of nitrogens with one attached hydrogen (secondary N) is 2. The molecule has 112 valence electrons. The summed E-state index contributed by atoms with van der Waals surface area (Å²) in [6, 6.07) is 7.47. The van der Waals surface area contributed by atoms with E-state index < -0.39 is 0 Å². The summed E-state index contributed by atoms with van der Waals surface area (Å²) in [7, 11) is 0. The number of carbonyl (C=O) groups excluding carboxylic acids is 1. The lowest BCUT2D eigenvalue weighted by Crippen LogP contribution is -2.32. The Bertz CT molecular complexity index is 566. The van der Waals surface area contributed by atoms with Crippen LogP contribution < -0.4 is 10.6 Å². The molecule has 21 heavy (non-hydrogen) atoms. The number of aromatic nitrogens is 2. The van der Waals surface area contributed by atoms with Gasteiger partial charge in [-0.15, -0.1) is 21.5 Å². The van der Waals surface area contributed by atoms with Crippen LogP contribution in [0.4, 0.5) is 5.82 Å². The van der Waals surface area contributed by atoms with Gasteiger partial charge in [-0.05, 0) is 36.4 Å². The van der Waals surface area contributed by atoms with Gasteiger partial charge in [-0.25, -0.2) is 0 Å². The van der Waals surface area contributed by atoms with Crippen molar-refractivity contribution < 1.29 is 4.79 Å². The van der Waals surface area contributed by atoms with Crippen molar-refractivity contribution in [2.75, 3.05) is 11.9 Å². The Morgan fingerprint density at radius 3 is 2.62 bits per heavy atom. The lowest BCUT2D eigenvalue weighted by atomic mass is 10.0. The quantitative estimate of drug-likeness (QED) is 0.860. The van der Waals surface area contributed by atoms with E-state index >= 15 is 0 Å². The first kappa shape index (κ1) is 15.4. The van der Waals surface area contributed by atoms with Gasteiger partial charge in [0.05, 0.1) is 6.04 Å². The van der Waals surface area contributed by atoms with E-state index in [-0.39, 0.29) is 11.9 Å². The monoisotopic (exact) mass is 304 g/mol. The van der Waals surface area contributed by atoms with E-state index in [0.29, 0.717) is 17.4 Å². The van der Waals surface area contributed by atoms with Crippen LogP contribution in [0.5, 0.6) is 0 Å². The summed E-state index contributed by atoms with van der Waals surface area (Å²) in [5.74, 6) is 0.784. The summed E-state index contributed by atoms with van der Waals surface area (Å²) in [5, 5.41) is 16.1. The summed E-state index contributed by atoms with van der Waals surface area (Å²) in [6.45, 7) is 6.93. The van der Waals surface area contributed by atoms with Crippen molar-refractivity contribution in [3.63, 3.8) is 0 Å². The first-order valence-electron chi connectivity index (χ1n) is 7.03. The SMILES string of the molecule is CCNc1ccc(C(=O)NC(c2cccs2)C(C)C)nn1. The van der Waals surface area contributed by atoms with Crippen molar-refractivity contribution in [1.82, 2.24) is 15.5 Å². The van der Waals surface area contributed by atoms with Crippen LogP contribution in [0.1, 0.15) is 42.2 Å². The van der Waals surface area contributed by atoms with Crippen molar-refractivity contribution >= 4 is 23.1 Å². The van der Waals surface area contributed by atoms with Crippen molar-refractivity contribution in [2.24, 2.45) is 5.92 Å². The van der Waals surface area contributed by atoms with E-state index in [1.807, 2.05) is 24.4 Å². The molecule has 1 amide bonds. The van der Waals surface area contributed by atoms with E-state index in [4.69, 9.17) is 0 Å². The van der Waals surface area contributed by atoms with Gasteiger partial charge in [-0.1, -0.05) is 19.9 Å². The van der Waals surface area contributed by atoms with Crippen molar-refractivity contribution in [2.45, 2.75) is 26.8 Å². The van der Waals surface area contributed by atoms with Crippen LogP contribution >= 0.6 is 11.3 Å². The van der Waals surface area contributed by atoms with Crippen molar-refractivity contribution in [3.8, 4) is 0 Å². The molecular formula is C15H20N4OS. The predicted octanol–water partition coefficient (Wildman–Crippen LogP) is 3.10. The summed E-state index contributed by atoms with van der Waals surface area (Å²) in [5.41, 5.74) is 0.332. The molecule has 2 aromatic rings. The molecule has 6 heteroatoms. The molecule has 1 atom stereocenters. The van der Waals surface area contributed by atoms with E-state index in [0.717, 1.165) is 11.4 Å². The van der Waals surface area contributed by atoms with Crippen LogP contribution in [0.25, 0.3) is 0 Å². The van der Waals surface area contributed by atoms with Crippen LogP contribution in [0, 0.1) is 5.92 Å². The van der Waals surface area contributed by atoms with Gasteiger partial charge in [0.1, 0.15) is 5.82 Å². The van der Waals surface area contributed by atoms with Gasteiger partial charge in [0, 0.05) is 11.4 Å². The predicted molar refractivity (Wildman–Crippen MR) is 85.6 cm³/mol. The maximum absolute atomic E-state index is 12.3. The van der Waals surface area contributed by atoms with Crippen LogP contribution in [0.2, 0.25) is 0 Å². The molecule has 0 aliphatic rings. The molecule has 0 fully saturated rings. The Labute approximate surface area is 128 Å². The molecule has 2 aromatic heterocycles. The molecule has 2 rings (SSSR count). The number of thiophene rings is 1. The summed E-state index contributed by atoms with van der Waals surface area (Å²) in [6.07, 6.45) is 0. The van der Waals surface area contributed by atoms with Crippen molar-refractivity contribution in [1.29, 1.82) is 0 Å². The summed E-state index contributed by atoms with van der Waals surface area (Å²) < 4.78 is 0. The van der Waals surface area contributed by atoms with Gasteiger partial charge in [-0.3, -0.25) is 4.79 Å². The molecule has 0 aliphatic carbocycles. The molecular weight excluding hydrogens is 284 g/mol. The number of hydrogen-bond donors (Lipinski definition) is 2. The zero-order valence-electron chi connectivity index (χ0n) is 12.5. The highest BCUT2D eigenvalue weighted by Crippen LogP contribution is 2.25. The average molecular weight is 304 g/mol. The van der Waals surface area contributed by atoms with E-state index in [1.165, 1.54) is 0 Å². The number of rotatable bonds is 6. The standard InChI is InChI=1S/C15H20N4OS/c1-4-16-13-8-7-11(18-19-13)15(20)17-14(10(2)3)12-6-5-9-21-12/h5-10,14H,4H2,1-3H3,(H,16,19)(H,17,20). The highest BCUT2D eigenvalue weighted by atomic mass is 32.1. The molecule has 1 unspecified atom stereocenters. The minimum absolute atomic E-state index is 0.00672. The van der Waals surface area contributed by atoms with Gasteiger partial charge >= 0.3 is 0 Å². The van der Waals surface area contributed by atoms with E-state index in [2.05, 4.69) is 34.7 Å². The Hall–Kier alpha value is -1.95. The van der Waals surface area contributed by atoms with Crippen molar-refractivity contribution in [3.05, 3.63) is 40.2 Å². The zero-order valence-corrected chi connectivity index (χ0v) is 13.3. The molecule has 0 saturated carbocycles. The minimum Gasteiger partial charge on any atom is -0.369 e. The van der Waals surface area contributed by atoms with Crippen LogP contribution in [-0.2, 0) is 0 Å². The third-order valence-corrected chi connectivity index (χ3v) is 4.01. The lowest BCUT2D eigenvalue weighted by molar-refractivity contribution is 0.0920. The van der Waals surface area contributed by atoms with Gasteiger partial charge in [0.15, 0.2) is 5.69 Å². The second-order valence-electron chi connectivity index (χ2n) is 5.04. The molecule has 0 aromatic carbocycles. The minimum atomic E-state index is -0.197. The molecule has 0 aliphatic heterocycles. The first-order chi connectivity index (χ1) is 10.1. The Morgan fingerprint density at radius 2 is 2.10 bits per heavy atom. The Kier molecular flexibility index (Phi) is 5.27. The normalized spacial score (nSPS) is 12.2. The first-order valence-corrected chi connectivity index (χ1v) is 7.91. The fraction of sp³-hybridized carbons (Fsp3) is 0.400. The zero-order chi connectivity index (χ0) is 15.2. The second kappa shape index (κ2) is 7.17. The number of nitrogens with zero attached hydrogens (tertiary/aromatic N) is 2. The van der Waals surface area contributed by atoms with E-state index in [9.17, 15) is 4.79 Å². The maximum atomic E-state index is 12.3. The number of hydrogen-bond acceptors (Lipinski definition) is 5. The summed E-state index contributed by atoms with van der Waals surface area (Å²) in [4.78, 5) is 13.4. The molecule has 5 nitrogen and oxygen atoms in total. The maximum Gasteiger partial charge on any atom is 0.272 e. The highest BCUT2D eigenvalue weighted by molar-refractivity contribution is 7.10. The second-order valence-corrected chi connectivity index (χ2v) is 6.02. The van der Waals surface area contributed by atoms with Gasteiger partial charge in [0.25, 0.3) is 5.91 Å². The van der Waals surface area contributed by atoms with Crippen LogP contribution in [-0.4, -0.2) is 22.6 Å². The number of anilines is 1. The largest absolute Gasteiger partial charge is 0.369 e. The Morgan fingerprint density at radius 1 is 1.29 bits per heavy atom. The lowest BCUT2D eigenvalue weighted by Gasteiger charge is -2.20. The van der Waals surface area contributed by atoms with Gasteiger partial charge in [-0.2, -0.15) is 0 Å². The topological polar surface area (TPSA) is 66.9 Å². The fourth-order valence-corrected chi connectivity index (χ4v) is 2.93. The smallest absolute Gasteiger partial charge is 0.272 e. The Balaban J connectivity index is 2.08. The van der Waals surface area contributed by atoms with E-state index in [1.54, 1.807) is 23.5 Å². The third kappa shape index (κ3) is 4.01. The van der Waals surface area contributed by atoms with Gasteiger partial charge in [0.2, 0.25) is 0 Å². The highest BCUT2D eigenvalue weighted by Gasteiger charge is 2.20. The molecule has 0 bridgehead atoms. The third-order valence-electron chi connectivity index (χ3n) is 3.06. The summed E-state index contributed by atoms with van der Waals surface area (Å²) >= 11 is 1.64. The number of carbonyl (C=O) groups is 1. The molecule has 2 heterocycles. The molecule has 0 spiro atoms. The van der Waals surface area contributed by atoms with Crippen LogP contribution in [0.3, 0.4) is 0 Å². The average Bonchev–Trinajstić information content (AvgIpc) is 2.99. The molecule has 0 radical (unpaired) electrons. The fourth-order valence-electron chi connectivity index (χ4n) is 1.98.